The second kappa shape index (κ2) is 5.19. The van der Waals surface area contributed by atoms with Crippen LogP contribution in [0.1, 0.15) is 48.2 Å². The highest BCUT2D eigenvalue weighted by atomic mass is 16.3. The zero-order valence-electron chi connectivity index (χ0n) is 9.87. The van der Waals surface area contributed by atoms with E-state index < -0.39 is 0 Å². The van der Waals surface area contributed by atoms with Gasteiger partial charge in [0.2, 0.25) is 0 Å². The molecule has 2 rings (SSSR count). The van der Waals surface area contributed by atoms with Crippen LogP contribution in [0, 0.1) is 6.92 Å². The van der Waals surface area contributed by atoms with E-state index >= 15 is 0 Å². The molecule has 0 N–H and O–H groups in total. The number of aryl methyl sites for hydroxylation is 1. The van der Waals surface area contributed by atoms with E-state index in [1.54, 1.807) is 12.3 Å². The molecule has 0 saturated carbocycles. The number of likely N-dealkylation sites (tertiary alicyclic amines) is 1. The molecule has 0 radical (unpaired) electrons. The molecule has 0 aliphatic carbocycles. The molecular weight excluding hydrogens is 202 g/mol. The van der Waals surface area contributed by atoms with Gasteiger partial charge in [-0.3, -0.25) is 4.79 Å². The summed E-state index contributed by atoms with van der Waals surface area (Å²) >= 11 is 0. The first-order valence-corrected chi connectivity index (χ1v) is 6.12. The Morgan fingerprint density at radius 2 is 1.81 bits per heavy atom. The number of hydrogen-bond acceptors (Lipinski definition) is 2. The first-order valence-electron chi connectivity index (χ1n) is 6.12. The molecule has 1 aliphatic heterocycles. The average Bonchev–Trinajstić information content (AvgIpc) is 2.63. The first-order chi connectivity index (χ1) is 7.79. The predicted octanol–water partition coefficient (Wildman–Crippen LogP) is 2.99. The van der Waals surface area contributed by atoms with Crippen molar-refractivity contribution >= 4 is 5.91 Å². The molecule has 2 heterocycles. The van der Waals surface area contributed by atoms with Crippen molar-refractivity contribution in [2.75, 3.05) is 13.1 Å². The van der Waals surface area contributed by atoms with Crippen LogP contribution in [-0.2, 0) is 0 Å². The molecule has 0 bridgehead atoms. The monoisotopic (exact) mass is 221 g/mol. The number of carbonyl (C=O) groups excluding carboxylic acids is 1. The molecule has 0 atom stereocenters. The third-order valence-corrected chi connectivity index (χ3v) is 3.23. The number of amides is 1. The fourth-order valence-electron chi connectivity index (χ4n) is 2.23. The summed E-state index contributed by atoms with van der Waals surface area (Å²) < 4.78 is 5.18. The van der Waals surface area contributed by atoms with Gasteiger partial charge in [-0.25, -0.2) is 0 Å². The number of furan rings is 1. The summed E-state index contributed by atoms with van der Waals surface area (Å²) in [5.41, 5.74) is 0.723. The molecule has 16 heavy (non-hydrogen) atoms. The highest BCUT2D eigenvalue weighted by Gasteiger charge is 2.19. The maximum Gasteiger partial charge on any atom is 0.257 e. The Morgan fingerprint density at radius 3 is 2.38 bits per heavy atom. The molecule has 1 aromatic rings. The topological polar surface area (TPSA) is 33.5 Å². The third-order valence-electron chi connectivity index (χ3n) is 3.23. The lowest BCUT2D eigenvalue weighted by Crippen LogP contribution is -2.33. The average molecular weight is 221 g/mol. The molecule has 3 heteroatoms. The van der Waals surface area contributed by atoms with Crippen LogP contribution >= 0.6 is 0 Å². The summed E-state index contributed by atoms with van der Waals surface area (Å²) in [5.74, 6) is 0.861. The van der Waals surface area contributed by atoms with Gasteiger partial charge in [0.1, 0.15) is 5.76 Å². The summed E-state index contributed by atoms with van der Waals surface area (Å²) in [7, 11) is 0. The first kappa shape index (κ1) is 11.2. The normalized spacial score (nSPS) is 17.9. The van der Waals surface area contributed by atoms with E-state index in [9.17, 15) is 4.79 Å². The summed E-state index contributed by atoms with van der Waals surface area (Å²) in [5, 5.41) is 0. The van der Waals surface area contributed by atoms with E-state index in [2.05, 4.69) is 0 Å². The van der Waals surface area contributed by atoms with Gasteiger partial charge in [0.25, 0.3) is 5.91 Å². The van der Waals surface area contributed by atoms with Crippen LogP contribution < -0.4 is 0 Å². The molecule has 1 aromatic heterocycles. The second-order valence-electron chi connectivity index (χ2n) is 4.45. The Kier molecular flexibility index (Phi) is 3.65. The molecule has 88 valence electrons. The molecule has 1 fully saturated rings. The summed E-state index contributed by atoms with van der Waals surface area (Å²) in [6.45, 7) is 3.63. The van der Waals surface area contributed by atoms with E-state index in [1.165, 1.54) is 19.3 Å². The Bertz CT molecular complexity index is 349. The van der Waals surface area contributed by atoms with E-state index in [1.807, 2.05) is 11.8 Å². The van der Waals surface area contributed by atoms with E-state index in [0.29, 0.717) is 0 Å². The van der Waals surface area contributed by atoms with Gasteiger partial charge in [-0.1, -0.05) is 19.3 Å². The Labute approximate surface area is 96.4 Å². The minimum Gasteiger partial charge on any atom is -0.469 e. The zero-order chi connectivity index (χ0) is 11.4. The molecule has 0 spiro atoms. The Balaban J connectivity index is 2.05. The smallest absolute Gasteiger partial charge is 0.257 e. The van der Waals surface area contributed by atoms with Crippen molar-refractivity contribution in [1.29, 1.82) is 0 Å². The standard InChI is InChI=1S/C13H19NO2/c1-11-12(7-10-16-11)13(15)14-8-5-3-2-4-6-9-14/h7,10H,2-6,8-9H2,1H3. The van der Waals surface area contributed by atoms with Crippen molar-refractivity contribution in [2.24, 2.45) is 0 Å². The lowest BCUT2D eigenvalue weighted by atomic mass is 10.1. The number of hydrogen-bond donors (Lipinski definition) is 0. The van der Waals surface area contributed by atoms with Gasteiger partial charge in [0, 0.05) is 13.1 Å². The van der Waals surface area contributed by atoms with Crippen LogP contribution in [0.5, 0.6) is 0 Å². The largest absolute Gasteiger partial charge is 0.469 e. The third kappa shape index (κ3) is 2.46. The quantitative estimate of drug-likeness (QED) is 0.730. The molecule has 1 saturated heterocycles. The highest BCUT2D eigenvalue weighted by molar-refractivity contribution is 5.95. The number of carbonyl (C=O) groups is 1. The molecule has 0 unspecified atom stereocenters. The van der Waals surface area contributed by atoms with Crippen LogP contribution in [0.2, 0.25) is 0 Å². The van der Waals surface area contributed by atoms with E-state index in [0.717, 1.165) is 37.3 Å². The summed E-state index contributed by atoms with van der Waals surface area (Å²) in [6.07, 6.45) is 7.65. The van der Waals surface area contributed by atoms with Crippen molar-refractivity contribution in [3.05, 3.63) is 23.7 Å². The number of nitrogens with zero attached hydrogens (tertiary/aromatic N) is 1. The van der Waals surface area contributed by atoms with Crippen molar-refractivity contribution < 1.29 is 9.21 Å². The molecule has 3 nitrogen and oxygen atoms in total. The van der Waals surface area contributed by atoms with Crippen molar-refractivity contribution in [3.63, 3.8) is 0 Å². The minimum atomic E-state index is 0.133. The molecular formula is C13H19NO2. The fraction of sp³-hybridized carbons (Fsp3) is 0.615. The van der Waals surface area contributed by atoms with Crippen LogP contribution in [-0.4, -0.2) is 23.9 Å². The Morgan fingerprint density at radius 1 is 1.19 bits per heavy atom. The zero-order valence-corrected chi connectivity index (χ0v) is 9.87. The SMILES string of the molecule is Cc1occc1C(=O)N1CCCCCCC1. The van der Waals surface area contributed by atoms with Crippen molar-refractivity contribution in [1.82, 2.24) is 4.90 Å². The van der Waals surface area contributed by atoms with Gasteiger partial charge >= 0.3 is 0 Å². The highest BCUT2D eigenvalue weighted by Crippen LogP contribution is 2.16. The van der Waals surface area contributed by atoms with Crippen LogP contribution in [0.25, 0.3) is 0 Å². The lowest BCUT2D eigenvalue weighted by Gasteiger charge is -2.24. The van der Waals surface area contributed by atoms with Crippen molar-refractivity contribution in [2.45, 2.75) is 39.0 Å². The van der Waals surface area contributed by atoms with Crippen LogP contribution in [0.15, 0.2) is 16.7 Å². The lowest BCUT2D eigenvalue weighted by molar-refractivity contribution is 0.0740. The molecule has 1 aliphatic rings. The maximum atomic E-state index is 12.2. The molecule has 1 amide bonds. The second-order valence-corrected chi connectivity index (χ2v) is 4.45. The van der Waals surface area contributed by atoms with Crippen LogP contribution in [0.3, 0.4) is 0 Å². The van der Waals surface area contributed by atoms with Gasteiger partial charge in [-0.2, -0.15) is 0 Å². The fourth-order valence-corrected chi connectivity index (χ4v) is 2.23. The molecule has 0 aromatic carbocycles. The van der Waals surface area contributed by atoms with Gasteiger partial charge in [-0.05, 0) is 25.8 Å². The maximum absolute atomic E-state index is 12.2. The van der Waals surface area contributed by atoms with E-state index in [-0.39, 0.29) is 5.91 Å². The van der Waals surface area contributed by atoms with Gasteiger partial charge < -0.3 is 9.32 Å². The minimum absolute atomic E-state index is 0.133. The van der Waals surface area contributed by atoms with Crippen molar-refractivity contribution in [3.8, 4) is 0 Å². The van der Waals surface area contributed by atoms with Gasteiger partial charge in [0.15, 0.2) is 0 Å². The predicted molar refractivity (Wildman–Crippen MR) is 62.4 cm³/mol. The van der Waals surface area contributed by atoms with Crippen LogP contribution in [0.4, 0.5) is 0 Å². The Hall–Kier alpha value is -1.25. The van der Waals surface area contributed by atoms with Gasteiger partial charge in [0.05, 0.1) is 11.8 Å². The number of rotatable bonds is 1. The van der Waals surface area contributed by atoms with Gasteiger partial charge in [-0.15, -0.1) is 0 Å². The summed E-state index contributed by atoms with van der Waals surface area (Å²) in [4.78, 5) is 14.2. The summed E-state index contributed by atoms with van der Waals surface area (Å²) in [6, 6.07) is 1.77. The van der Waals surface area contributed by atoms with E-state index in [4.69, 9.17) is 4.42 Å².